The van der Waals surface area contributed by atoms with E-state index in [1.165, 1.54) is 25.3 Å². The Bertz CT molecular complexity index is 927. The largest absolute Gasteiger partial charge is 0.389 e. The van der Waals surface area contributed by atoms with Crippen LogP contribution in [-0.2, 0) is 6.10 Å². The highest BCUT2D eigenvalue weighted by molar-refractivity contribution is 6.05. The van der Waals surface area contributed by atoms with E-state index < -0.39 is 18.4 Å². The summed E-state index contributed by atoms with van der Waals surface area (Å²) in [4.78, 5) is 11.5. The van der Waals surface area contributed by atoms with E-state index in [9.17, 15) is 13.6 Å². The van der Waals surface area contributed by atoms with E-state index in [2.05, 4.69) is 10.2 Å². The number of benzene rings is 1. The molecule has 10 heteroatoms. The molecule has 0 unspecified atom stereocenters. The van der Waals surface area contributed by atoms with Crippen molar-refractivity contribution in [1.29, 1.82) is 0 Å². The van der Waals surface area contributed by atoms with Crippen molar-refractivity contribution in [3.05, 3.63) is 36.3 Å². The molecule has 126 valence electrons. The van der Waals surface area contributed by atoms with Crippen LogP contribution in [0.4, 0.5) is 8.78 Å². The van der Waals surface area contributed by atoms with Crippen LogP contribution in [0.5, 0.6) is 0 Å². The second kappa shape index (κ2) is 5.44. The third-order valence-corrected chi connectivity index (χ3v) is 3.45. The normalized spacial score (nSPS) is 12.3. The average molecular weight is 338 g/mol. The van der Waals surface area contributed by atoms with Crippen molar-refractivity contribution >= 4 is 16.7 Å². The molecule has 0 spiro atoms. The summed E-state index contributed by atoms with van der Waals surface area (Å²) >= 11 is 0. The number of aromatic nitrogens is 4. The molecule has 0 aliphatic heterocycles. The molecule has 0 saturated heterocycles. The summed E-state index contributed by atoms with van der Waals surface area (Å²) in [6.45, 7) is -1.70. The third kappa shape index (κ3) is 2.66. The molecule has 0 radical (unpaired) electrons. The Morgan fingerprint density at radius 1 is 1.25 bits per heavy atom. The second-order valence-electron chi connectivity index (χ2n) is 5.13. The highest BCUT2D eigenvalue weighted by atomic mass is 19.3. The van der Waals surface area contributed by atoms with Gasteiger partial charge in [0, 0.05) is 24.1 Å². The van der Waals surface area contributed by atoms with Gasteiger partial charge in [-0.3, -0.25) is 4.79 Å². The molecule has 1 aromatic carbocycles. The van der Waals surface area contributed by atoms with Crippen molar-refractivity contribution in [2.24, 2.45) is 0 Å². The third-order valence-electron chi connectivity index (χ3n) is 3.45. The fraction of sp³-hybridized carbons (Fsp3) is 0.214. The fourth-order valence-electron chi connectivity index (χ4n) is 2.36. The van der Waals surface area contributed by atoms with Crippen LogP contribution >= 0.6 is 0 Å². The van der Waals surface area contributed by atoms with Gasteiger partial charge in [0.05, 0.1) is 11.7 Å². The van der Waals surface area contributed by atoms with Crippen molar-refractivity contribution in [3.63, 3.8) is 0 Å². The maximum atomic E-state index is 13.1. The highest BCUT2D eigenvalue weighted by Crippen LogP contribution is 2.29. The van der Waals surface area contributed by atoms with Gasteiger partial charge in [-0.15, -0.1) is 0 Å². The lowest BCUT2D eigenvalue weighted by Gasteiger charge is -2.12. The van der Waals surface area contributed by atoms with E-state index in [1.54, 1.807) is 6.07 Å². The lowest BCUT2D eigenvalue weighted by molar-refractivity contribution is -0.380. The van der Waals surface area contributed by atoms with Crippen LogP contribution < -0.4 is 0 Å². The van der Waals surface area contributed by atoms with Crippen molar-refractivity contribution in [1.82, 2.24) is 19.6 Å². The van der Waals surface area contributed by atoms with Gasteiger partial charge in [0.15, 0.2) is 5.78 Å². The van der Waals surface area contributed by atoms with Crippen LogP contribution in [0.1, 0.15) is 24.0 Å². The first-order valence-electron chi connectivity index (χ1n) is 6.72. The number of carbonyl (C=O) groups excluding carboxylic acids is 1. The predicted molar refractivity (Wildman–Crippen MR) is 76.8 cm³/mol. The Balaban J connectivity index is 2.16. The van der Waals surface area contributed by atoms with E-state index in [0.29, 0.717) is 20.5 Å². The van der Waals surface area contributed by atoms with Crippen molar-refractivity contribution < 1.29 is 28.9 Å². The molecule has 24 heavy (non-hydrogen) atoms. The van der Waals surface area contributed by atoms with Gasteiger partial charge in [-0.05, 0) is 17.7 Å². The number of hydrogen-bond acceptors (Lipinski definition) is 6. The first-order chi connectivity index (χ1) is 11.2. The van der Waals surface area contributed by atoms with Gasteiger partial charge in [0.1, 0.15) is 5.69 Å². The summed E-state index contributed by atoms with van der Waals surface area (Å²) in [6, 6.07) is 4.38. The maximum absolute atomic E-state index is 13.1. The van der Waals surface area contributed by atoms with E-state index in [1.807, 2.05) is 0 Å². The summed E-state index contributed by atoms with van der Waals surface area (Å²) in [7, 11) is 0. The van der Waals surface area contributed by atoms with Crippen molar-refractivity contribution in [3.8, 4) is 11.1 Å². The monoisotopic (exact) mass is 338 g/mol. The van der Waals surface area contributed by atoms with E-state index in [-0.39, 0.29) is 16.6 Å². The molecule has 3 rings (SSSR count). The second-order valence-corrected chi connectivity index (χ2v) is 5.13. The molecule has 8 nitrogen and oxygen atoms in total. The fourth-order valence-corrected chi connectivity index (χ4v) is 2.36. The average Bonchev–Trinajstić information content (AvgIpc) is 3.11. The Hall–Kier alpha value is -2.69. The Morgan fingerprint density at radius 3 is 2.50 bits per heavy atom. The van der Waals surface area contributed by atoms with Crippen LogP contribution in [-0.4, -0.2) is 40.7 Å². The minimum Gasteiger partial charge on any atom is -0.324 e. The number of carbonyl (C=O) groups is 1. The number of alkyl halides is 2. The van der Waals surface area contributed by atoms with Crippen LogP contribution in [0.2, 0.25) is 0 Å². The van der Waals surface area contributed by atoms with E-state index >= 15 is 0 Å². The summed E-state index contributed by atoms with van der Waals surface area (Å²) in [5, 5.41) is 34.7. The zero-order valence-corrected chi connectivity index (χ0v) is 12.3. The van der Waals surface area contributed by atoms with Gasteiger partial charge in [0.2, 0.25) is 0 Å². The number of halogens is 2. The highest BCUT2D eigenvalue weighted by Gasteiger charge is 2.23. The number of hydrogen-bond donors (Lipinski definition) is 3. The van der Waals surface area contributed by atoms with Crippen LogP contribution in [0.25, 0.3) is 22.0 Å². The van der Waals surface area contributed by atoms with Gasteiger partial charge in [0.25, 0.3) is 0 Å². The minimum atomic E-state index is -3.17. The molecule has 0 amide bonds. The van der Waals surface area contributed by atoms with Gasteiger partial charge in [-0.1, -0.05) is 6.07 Å². The topological polar surface area (TPSA) is 113 Å². The summed E-state index contributed by atoms with van der Waals surface area (Å²) in [5.74, 6) is -0.439. The number of fused-ring (bicyclic) bond motifs is 1. The molecule has 0 fully saturated rings. The minimum absolute atomic E-state index is 0.0451. The smallest absolute Gasteiger partial charge is 0.324 e. The number of ketones is 1. The van der Waals surface area contributed by atoms with Gasteiger partial charge < -0.3 is 15.3 Å². The van der Waals surface area contributed by atoms with Crippen LogP contribution in [0.3, 0.4) is 0 Å². The van der Waals surface area contributed by atoms with Crippen LogP contribution in [0, 0.1) is 0 Å². The van der Waals surface area contributed by atoms with Crippen LogP contribution in [0.15, 0.2) is 30.6 Å². The summed E-state index contributed by atoms with van der Waals surface area (Å²) in [5.41, 5.74) is 0.732. The molecule has 0 saturated carbocycles. The Morgan fingerprint density at radius 2 is 1.96 bits per heavy atom. The first-order valence-corrected chi connectivity index (χ1v) is 6.72. The SMILES string of the molecule is CC(=O)c1nn(C(F)F)c2cc(-c3cnn(C(O)(O)O)c3)ccc12. The predicted octanol–water partition coefficient (Wildman–Crippen LogP) is 1.04. The van der Waals surface area contributed by atoms with Gasteiger partial charge >= 0.3 is 12.6 Å². The first kappa shape index (κ1) is 16.2. The molecule has 0 atom stereocenters. The number of Topliss-reactive ketones (excluding diaryl/α,β-unsaturated/α-hetero) is 1. The molecule has 3 N–H and O–H groups in total. The molecule has 3 aromatic rings. The van der Waals surface area contributed by atoms with Crippen molar-refractivity contribution in [2.75, 3.05) is 0 Å². The molecule has 2 heterocycles. The van der Waals surface area contributed by atoms with E-state index in [0.717, 1.165) is 6.20 Å². The Labute approximate surface area is 133 Å². The zero-order chi connectivity index (χ0) is 17.6. The molecule has 0 bridgehead atoms. The van der Waals surface area contributed by atoms with Gasteiger partial charge in [-0.2, -0.15) is 23.7 Å². The summed E-state index contributed by atoms with van der Waals surface area (Å²) in [6.07, 6.45) is -0.835. The maximum Gasteiger partial charge on any atom is 0.389 e. The molecular weight excluding hydrogens is 326 g/mol. The number of rotatable bonds is 4. The lowest BCUT2D eigenvalue weighted by atomic mass is 10.1. The quantitative estimate of drug-likeness (QED) is 0.484. The van der Waals surface area contributed by atoms with Gasteiger partial charge in [-0.25, -0.2) is 4.68 Å². The standard InChI is InChI=1S/C14H12F2N4O4/c1-7(21)12-10-3-2-8(4-11(10)20(18-12)13(15)16)9-5-17-19(6-9)14(22,23)24/h2-6,13,22-24H,1H3. The number of nitrogens with zero attached hydrogens (tertiary/aromatic N) is 4. The molecule has 0 aliphatic rings. The van der Waals surface area contributed by atoms with Crippen molar-refractivity contribution in [2.45, 2.75) is 19.6 Å². The molecule has 0 aliphatic carbocycles. The number of aliphatic hydroxyl groups is 3. The molecular formula is C14H12F2N4O4. The summed E-state index contributed by atoms with van der Waals surface area (Å²) < 4.78 is 27.2. The Kier molecular flexibility index (Phi) is 3.67. The lowest BCUT2D eigenvalue weighted by Crippen LogP contribution is -2.32. The zero-order valence-electron chi connectivity index (χ0n) is 12.3. The molecule has 2 aromatic heterocycles. The van der Waals surface area contributed by atoms with E-state index in [4.69, 9.17) is 15.3 Å².